The Labute approximate surface area is 359 Å². The molecule has 302 valence electrons. The second-order valence-corrected chi connectivity index (χ2v) is 23.7. The zero-order valence-electron chi connectivity index (χ0n) is 38.2. The van der Waals surface area contributed by atoms with Crippen LogP contribution in [-0.2, 0) is 27.1 Å². The van der Waals surface area contributed by atoms with Gasteiger partial charge in [0.25, 0.3) is 6.71 Å². The lowest BCUT2D eigenvalue weighted by Gasteiger charge is -2.49. The Kier molecular flexibility index (Phi) is 8.18. The van der Waals surface area contributed by atoms with Crippen molar-refractivity contribution in [3.63, 3.8) is 0 Å². The molecule has 6 aromatic rings. The van der Waals surface area contributed by atoms with Crippen LogP contribution in [0.3, 0.4) is 0 Å². The van der Waals surface area contributed by atoms with Gasteiger partial charge in [0, 0.05) is 43.3 Å². The highest BCUT2D eigenvalue weighted by molar-refractivity contribution is 7.33. The van der Waals surface area contributed by atoms with E-state index in [9.17, 15) is 0 Å². The maximum absolute atomic E-state index is 2.76. The van der Waals surface area contributed by atoms with Crippen molar-refractivity contribution in [1.82, 2.24) is 0 Å². The van der Waals surface area contributed by atoms with Crippen molar-refractivity contribution in [2.24, 2.45) is 0 Å². The van der Waals surface area contributed by atoms with Crippen LogP contribution in [0.4, 0.5) is 34.1 Å². The minimum absolute atomic E-state index is 0.0147. The molecule has 4 aliphatic rings. The molecule has 4 heteroatoms. The topological polar surface area (TPSA) is 6.48 Å². The predicted octanol–water partition coefficient (Wildman–Crippen LogP) is 13.9. The lowest BCUT2D eigenvalue weighted by atomic mass is 9.35. The van der Waals surface area contributed by atoms with Crippen molar-refractivity contribution in [3.05, 3.63) is 123 Å². The maximum Gasteiger partial charge on any atom is 0.264 e. The summed E-state index contributed by atoms with van der Waals surface area (Å²) >= 11 is 2.02. The van der Waals surface area contributed by atoms with Gasteiger partial charge in [-0.3, -0.25) is 0 Å². The summed E-state index contributed by atoms with van der Waals surface area (Å²) in [6.45, 7) is 33.9. The van der Waals surface area contributed by atoms with Crippen LogP contribution in [0.15, 0.2) is 78.9 Å². The normalized spacial score (nSPS) is 19.2. The fourth-order valence-corrected chi connectivity index (χ4v) is 12.9. The van der Waals surface area contributed by atoms with Crippen LogP contribution in [0.2, 0.25) is 0 Å². The lowest BCUT2D eigenvalue weighted by molar-refractivity contribution is 0.331. The van der Waals surface area contributed by atoms with Gasteiger partial charge in [0.15, 0.2) is 0 Å². The Hall–Kier alpha value is -4.28. The van der Waals surface area contributed by atoms with Crippen molar-refractivity contribution in [3.8, 4) is 0 Å². The van der Waals surface area contributed by atoms with Gasteiger partial charge in [-0.05, 0) is 166 Å². The molecule has 0 atom stereocenters. The fraction of sp³-hybridized carbons (Fsp3) is 0.418. The molecule has 0 spiro atoms. The number of hydrogen-bond acceptors (Lipinski definition) is 3. The molecular weight excluding hydrogens is 731 g/mol. The monoisotopic (exact) mass is 794 g/mol. The van der Waals surface area contributed by atoms with Gasteiger partial charge in [0.2, 0.25) is 0 Å². The Morgan fingerprint density at radius 3 is 1.86 bits per heavy atom. The first kappa shape index (κ1) is 38.9. The first-order valence-corrected chi connectivity index (χ1v) is 23.1. The predicted molar refractivity (Wildman–Crippen MR) is 259 cm³/mol. The highest BCUT2D eigenvalue weighted by Gasteiger charge is 2.50. The zero-order valence-corrected chi connectivity index (χ0v) is 39.0. The van der Waals surface area contributed by atoms with E-state index in [1.165, 1.54) is 125 Å². The van der Waals surface area contributed by atoms with Gasteiger partial charge < -0.3 is 9.80 Å². The molecule has 59 heavy (non-hydrogen) atoms. The van der Waals surface area contributed by atoms with Crippen LogP contribution in [0.25, 0.3) is 10.1 Å². The van der Waals surface area contributed by atoms with Gasteiger partial charge >= 0.3 is 0 Å². The third kappa shape index (κ3) is 5.63. The largest absolute Gasteiger partial charge is 0.311 e. The minimum Gasteiger partial charge on any atom is -0.311 e. The molecular formula is C55H63BN2S. The molecule has 0 bridgehead atoms. The summed E-state index contributed by atoms with van der Waals surface area (Å²) in [6, 6.07) is 32.1. The van der Waals surface area contributed by atoms with Gasteiger partial charge in [-0.2, -0.15) is 0 Å². The second-order valence-electron chi connectivity index (χ2n) is 22.6. The summed E-state index contributed by atoms with van der Waals surface area (Å²) in [5, 5.41) is 1.36. The lowest BCUT2D eigenvalue weighted by Crippen LogP contribution is -2.61. The number of benzene rings is 5. The first-order chi connectivity index (χ1) is 27.6. The second kappa shape index (κ2) is 12.4. The molecule has 0 unspecified atom stereocenters. The molecule has 0 radical (unpaired) electrons. The molecule has 2 aliphatic carbocycles. The third-order valence-corrected chi connectivity index (χ3v) is 16.5. The van der Waals surface area contributed by atoms with E-state index >= 15 is 0 Å². The third-order valence-electron chi connectivity index (χ3n) is 15.3. The average molecular weight is 795 g/mol. The Morgan fingerprint density at radius 2 is 1.19 bits per heavy atom. The summed E-state index contributed by atoms with van der Waals surface area (Å²) in [6.07, 6.45) is 4.78. The molecule has 0 fully saturated rings. The average Bonchev–Trinajstić information content (AvgIpc) is 3.53. The van der Waals surface area contributed by atoms with Crippen LogP contribution in [0.5, 0.6) is 0 Å². The molecule has 0 saturated carbocycles. The van der Waals surface area contributed by atoms with Crippen LogP contribution in [0.1, 0.15) is 146 Å². The number of nitrogens with zero attached hydrogens (tertiary/aromatic N) is 2. The standard InChI is InChI=1S/C55H63BN2S/c1-32-15-22-45-37(27-32)48-50(59-45)56-41-20-19-39-46(55(13,14)26-25-53(39,9)10)49(41)57(36-17-18-38-40(31-36)54(11,12)24-23-52(38,7)8)43-28-33(2)29-44(47(43)56)58(48)42-21-16-35(30-34(42)3)51(4,5)6/h15-22,27-31H,23-26H2,1-14H3. The van der Waals surface area contributed by atoms with Crippen molar-refractivity contribution in [1.29, 1.82) is 0 Å². The van der Waals surface area contributed by atoms with Crippen LogP contribution in [-0.4, -0.2) is 6.71 Å². The Balaban J connectivity index is 1.35. The molecule has 3 heterocycles. The number of hydrogen-bond donors (Lipinski definition) is 0. The molecule has 5 aromatic carbocycles. The molecule has 0 saturated heterocycles. The van der Waals surface area contributed by atoms with Crippen LogP contribution in [0, 0.1) is 20.8 Å². The summed E-state index contributed by atoms with van der Waals surface area (Å²) in [5.41, 5.74) is 22.7. The number of aryl methyl sites for hydroxylation is 3. The first-order valence-electron chi connectivity index (χ1n) is 22.3. The van der Waals surface area contributed by atoms with E-state index in [2.05, 4.69) is 186 Å². The van der Waals surface area contributed by atoms with Crippen molar-refractivity contribution >= 4 is 78.0 Å². The van der Waals surface area contributed by atoms with E-state index in [0.717, 1.165) is 0 Å². The van der Waals surface area contributed by atoms with Gasteiger partial charge in [-0.15, -0.1) is 11.3 Å². The quantitative estimate of drug-likeness (QED) is 0.161. The summed E-state index contributed by atoms with van der Waals surface area (Å²) < 4.78 is 2.83. The van der Waals surface area contributed by atoms with Crippen molar-refractivity contribution in [2.75, 3.05) is 9.80 Å². The number of thiophene rings is 1. The number of fused-ring (bicyclic) bond motifs is 9. The summed E-state index contributed by atoms with van der Waals surface area (Å²) in [4.78, 5) is 5.43. The summed E-state index contributed by atoms with van der Waals surface area (Å²) in [7, 11) is 0. The SMILES string of the molecule is Cc1cc2c3c(c1)N(c1ccc(C(C)(C)C)cc1C)c1c(sc4ccc(C)cc14)B3c1ccc3c(c1N2c1ccc2c(c1)C(C)(C)CCC2(C)C)C(C)(C)CCC3(C)C. The zero-order chi connectivity index (χ0) is 41.9. The van der Waals surface area contributed by atoms with Crippen molar-refractivity contribution < 1.29 is 0 Å². The molecule has 0 amide bonds. The van der Waals surface area contributed by atoms with E-state index in [1.54, 1.807) is 5.56 Å². The highest BCUT2D eigenvalue weighted by Crippen LogP contribution is 2.56. The van der Waals surface area contributed by atoms with E-state index in [4.69, 9.17) is 0 Å². The summed E-state index contributed by atoms with van der Waals surface area (Å²) in [5.74, 6) is 0. The van der Waals surface area contributed by atoms with E-state index < -0.39 is 0 Å². The molecule has 2 nitrogen and oxygen atoms in total. The van der Waals surface area contributed by atoms with Gasteiger partial charge in [0.05, 0.1) is 5.69 Å². The molecule has 10 rings (SSSR count). The Morgan fingerprint density at radius 1 is 0.559 bits per heavy atom. The number of rotatable bonds is 2. The van der Waals surface area contributed by atoms with E-state index in [0.29, 0.717) is 0 Å². The molecule has 2 aliphatic heterocycles. The van der Waals surface area contributed by atoms with E-state index in [1.807, 2.05) is 11.3 Å². The van der Waals surface area contributed by atoms with Gasteiger partial charge in [0.1, 0.15) is 0 Å². The van der Waals surface area contributed by atoms with E-state index in [-0.39, 0.29) is 33.8 Å². The molecule has 1 aromatic heterocycles. The van der Waals surface area contributed by atoms with Crippen LogP contribution >= 0.6 is 11.3 Å². The van der Waals surface area contributed by atoms with Gasteiger partial charge in [-0.25, -0.2) is 0 Å². The minimum atomic E-state index is 0.0147. The number of anilines is 6. The smallest absolute Gasteiger partial charge is 0.264 e. The van der Waals surface area contributed by atoms with Crippen molar-refractivity contribution in [2.45, 2.75) is 150 Å². The highest BCUT2D eigenvalue weighted by atomic mass is 32.1. The fourth-order valence-electron chi connectivity index (χ4n) is 11.6. The van der Waals surface area contributed by atoms with Gasteiger partial charge in [-0.1, -0.05) is 118 Å². The molecule has 0 N–H and O–H groups in total. The maximum atomic E-state index is 2.76. The Bertz CT molecular complexity index is 2770. The van der Waals surface area contributed by atoms with Crippen LogP contribution < -0.4 is 25.5 Å².